The first-order valence-electron chi connectivity index (χ1n) is 7.76. The van der Waals surface area contributed by atoms with Gasteiger partial charge in [-0.3, -0.25) is 4.55 Å². The average Bonchev–Trinajstić information content (AvgIpc) is 2.44. The van der Waals surface area contributed by atoms with Gasteiger partial charge in [0.05, 0.1) is 4.52 Å². The first-order chi connectivity index (χ1) is 10.8. The molecule has 0 aromatic carbocycles. The summed E-state index contributed by atoms with van der Waals surface area (Å²) in [5, 5.41) is 0. The number of nitrogens with zero attached hydrogens (tertiary/aromatic N) is 3. The van der Waals surface area contributed by atoms with Gasteiger partial charge in [-0.05, 0) is 32.7 Å². The molecule has 0 aliphatic heterocycles. The minimum absolute atomic E-state index is 0.681. The quantitative estimate of drug-likeness (QED) is 0.139. The summed E-state index contributed by atoms with van der Waals surface area (Å²) >= 11 is 0. The zero-order chi connectivity index (χ0) is 18.2. The van der Waals surface area contributed by atoms with Crippen LogP contribution in [0.3, 0.4) is 0 Å². The Bertz CT molecular complexity index is 411. The second-order valence-electron chi connectivity index (χ2n) is 4.41. The molecule has 0 atom stereocenters. The topological polar surface area (TPSA) is 131 Å². The van der Waals surface area contributed by atoms with Crippen molar-refractivity contribution >= 4 is 19.1 Å². The van der Waals surface area contributed by atoms with Crippen LogP contribution in [0.15, 0.2) is 4.52 Å². The predicted octanol–water partition coefficient (Wildman–Crippen LogP) is 3.71. The maximum atomic E-state index is 9.37. The lowest BCUT2D eigenvalue weighted by Gasteiger charge is -2.28. The van der Waals surface area contributed by atoms with Gasteiger partial charge in [0.15, 0.2) is 0 Å². The SMILES string of the molecule is CCCCCC[Si](OCC)(OCC)OCC.[N-]=[N+]=NS(=O)(=O)O. The van der Waals surface area contributed by atoms with E-state index in [0.717, 1.165) is 12.5 Å². The second-order valence-corrected chi connectivity index (χ2v) is 8.20. The molecule has 0 spiro atoms. The van der Waals surface area contributed by atoms with Gasteiger partial charge in [-0.2, -0.15) is 8.42 Å². The normalized spacial score (nSPS) is 11.3. The summed E-state index contributed by atoms with van der Waals surface area (Å²) < 4.78 is 45.6. The van der Waals surface area contributed by atoms with Crippen molar-refractivity contribution in [2.24, 2.45) is 4.52 Å². The standard InChI is InChI=1S/C12H28O3Si.HN3O3S/c1-5-9-10-11-12-16(13-6-2,14-7-3)15-8-4;1-2-3-7(4,5)6/h5-12H2,1-4H3;(H,4,5,6). The van der Waals surface area contributed by atoms with Crippen molar-refractivity contribution in [2.45, 2.75) is 59.4 Å². The van der Waals surface area contributed by atoms with Gasteiger partial charge in [0.2, 0.25) is 0 Å². The van der Waals surface area contributed by atoms with Gasteiger partial charge in [-0.15, -0.1) is 0 Å². The largest absolute Gasteiger partial charge is 0.500 e. The molecule has 0 heterocycles. The first-order valence-corrected chi connectivity index (χ1v) is 11.1. The molecule has 11 heteroatoms. The summed E-state index contributed by atoms with van der Waals surface area (Å²) in [5.41, 5.74) is 7.32. The summed E-state index contributed by atoms with van der Waals surface area (Å²) in [4.78, 5) is 1.79. The van der Waals surface area contributed by atoms with Crippen molar-refractivity contribution in [1.82, 2.24) is 0 Å². The van der Waals surface area contributed by atoms with Crippen molar-refractivity contribution in [2.75, 3.05) is 19.8 Å². The van der Waals surface area contributed by atoms with Gasteiger partial charge in [0.1, 0.15) is 0 Å². The maximum absolute atomic E-state index is 9.37. The molecule has 0 aliphatic carbocycles. The molecule has 23 heavy (non-hydrogen) atoms. The smallest absolute Gasteiger partial charge is 0.374 e. The zero-order valence-electron chi connectivity index (χ0n) is 14.4. The van der Waals surface area contributed by atoms with E-state index in [1.54, 1.807) is 4.91 Å². The van der Waals surface area contributed by atoms with Crippen LogP contribution in [0.5, 0.6) is 0 Å². The number of hydrogen-bond donors (Lipinski definition) is 1. The molecular weight excluding hydrogens is 342 g/mol. The molecule has 0 radical (unpaired) electrons. The van der Waals surface area contributed by atoms with Crippen LogP contribution in [0.2, 0.25) is 6.04 Å². The van der Waals surface area contributed by atoms with E-state index >= 15 is 0 Å². The van der Waals surface area contributed by atoms with Crippen molar-refractivity contribution < 1.29 is 26.2 Å². The lowest BCUT2D eigenvalue weighted by atomic mass is 10.2. The molecular formula is C12H29N3O6SSi. The Labute approximate surface area is 140 Å². The third-order valence-electron chi connectivity index (χ3n) is 2.57. The monoisotopic (exact) mass is 371 g/mol. The zero-order valence-corrected chi connectivity index (χ0v) is 16.2. The Morgan fingerprint density at radius 3 is 1.74 bits per heavy atom. The highest BCUT2D eigenvalue weighted by Gasteiger charge is 2.39. The van der Waals surface area contributed by atoms with Gasteiger partial charge in [-0.25, -0.2) is 0 Å². The molecule has 0 aromatic rings. The maximum Gasteiger partial charge on any atom is 0.500 e. The predicted molar refractivity (Wildman–Crippen MR) is 90.3 cm³/mol. The molecule has 0 saturated carbocycles. The van der Waals surface area contributed by atoms with Crippen molar-refractivity contribution in [1.29, 1.82) is 0 Å². The molecule has 0 fully saturated rings. The van der Waals surface area contributed by atoms with Crippen LogP contribution < -0.4 is 0 Å². The molecule has 0 bridgehead atoms. The van der Waals surface area contributed by atoms with E-state index in [1.165, 1.54) is 19.3 Å². The van der Waals surface area contributed by atoms with Gasteiger partial charge in [0.25, 0.3) is 0 Å². The van der Waals surface area contributed by atoms with Crippen LogP contribution in [0.4, 0.5) is 0 Å². The minimum atomic E-state index is -4.47. The average molecular weight is 372 g/mol. The van der Waals surface area contributed by atoms with Crippen LogP contribution in [0.1, 0.15) is 53.4 Å². The van der Waals surface area contributed by atoms with Gasteiger partial charge in [-0.1, -0.05) is 26.2 Å². The van der Waals surface area contributed by atoms with Crippen LogP contribution in [-0.2, 0) is 23.6 Å². The molecule has 138 valence electrons. The third-order valence-corrected chi connectivity index (χ3v) is 6.00. The first kappa shape index (κ1) is 24.6. The van der Waals surface area contributed by atoms with Crippen LogP contribution in [0, 0.1) is 0 Å². The molecule has 9 nitrogen and oxygen atoms in total. The van der Waals surface area contributed by atoms with Crippen molar-refractivity contribution in [3.8, 4) is 0 Å². The molecule has 0 aliphatic rings. The summed E-state index contributed by atoms with van der Waals surface area (Å²) in [7, 11) is -6.81. The summed E-state index contributed by atoms with van der Waals surface area (Å²) in [6.45, 7) is 10.3. The van der Waals surface area contributed by atoms with Gasteiger partial charge < -0.3 is 13.3 Å². The Hall–Kier alpha value is -0.683. The third kappa shape index (κ3) is 16.0. The molecule has 0 unspecified atom stereocenters. The van der Waals surface area contributed by atoms with E-state index in [-0.39, 0.29) is 0 Å². The van der Waals surface area contributed by atoms with E-state index in [1.807, 2.05) is 25.3 Å². The van der Waals surface area contributed by atoms with E-state index in [9.17, 15) is 8.42 Å². The van der Waals surface area contributed by atoms with Crippen LogP contribution in [-0.4, -0.2) is 41.6 Å². The summed E-state index contributed by atoms with van der Waals surface area (Å²) in [6, 6.07) is 0.961. The number of azide groups is 1. The molecule has 0 amide bonds. The fourth-order valence-corrected chi connectivity index (χ4v) is 4.59. The summed E-state index contributed by atoms with van der Waals surface area (Å²) in [5.74, 6) is 0. The van der Waals surface area contributed by atoms with Gasteiger partial charge in [0, 0.05) is 30.8 Å². The Morgan fingerprint density at radius 2 is 1.48 bits per heavy atom. The van der Waals surface area contributed by atoms with Crippen LogP contribution in [0.25, 0.3) is 10.4 Å². The van der Waals surface area contributed by atoms with Crippen LogP contribution >= 0.6 is 0 Å². The number of hydrogen-bond acceptors (Lipinski definition) is 5. The molecule has 0 rings (SSSR count). The van der Waals surface area contributed by atoms with E-state index < -0.39 is 19.1 Å². The highest BCUT2D eigenvalue weighted by Crippen LogP contribution is 2.20. The Balaban J connectivity index is 0. The highest BCUT2D eigenvalue weighted by molar-refractivity contribution is 7.84. The summed E-state index contributed by atoms with van der Waals surface area (Å²) in [6.07, 6.45) is 4.94. The van der Waals surface area contributed by atoms with E-state index in [2.05, 4.69) is 6.92 Å². The molecule has 1 N–H and O–H groups in total. The minimum Gasteiger partial charge on any atom is -0.374 e. The fourth-order valence-electron chi connectivity index (χ4n) is 1.82. The van der Waals surface area contributed by atoms with Crippen molar-refractivity contribution in [3.05, 3.63) is 10.4 Å². The fraction of sp³-hybridized carbons (Fsp3) is 1.00. The number of unbranched alkanes of at least 4 members (excludes halogenated alkanes) is 3. The number of rotatable bonds is 12. The lowest BCUT2D eigenvalue weighted by molar-refractivity contribution is 0.0706. The highest BCUT2D eigenvalue weighted by atomic mass is 32.2. The lowest BCUT2D eigenvalue weighted by Crippen LogP contribution is -2.45. The Morgan fingerprint density at radius 1 is 1.00 bits per heavy atom. The molecule has 0 aromatic heterocycles. The Kier molecular flexibility index (Phi) is 15.9. The molecule has 0 saturated heterocycles. The van der Waals surface area contributed by atoms with Gasteiger partial charge >= 0.3 is 19.1 Å². The van der Waals surface area contributed by atoms with E-state index in [4.69, 9.17) is 23.4 Å². The van der Waals surface area contributed by atoms with Crippen molar-refractivity contribution in [3.63, 3.8) is 0 Å². The second kappa shape index (κ2) is 14.9. The van der Waals surface area contributed by atoms with E-state index in [0.29, 0.717) is 19.8 Å².